The van der Waals surface area contributed by atoms with Crippen LogP contribution in [-0.2, 0) is 6.42 Å². The van der Waals surface area contributed by atoms with Crippen molar-refractivity contribution in [3.05, 3.63) is 34.1 Å². The smallest absolute Gasteiger partial charge is 0.356 e. The third-order valence-corrected chi connectivity index (χ3v) is 3.35. The minimum Gasteiger partial charge on any atom is -0.356 e. The average molecular weight is 384 g/mol. The van der Waals surface area contributed by atoms with Crippen LogP contribution < -0.4 is 10.6 Å². The Morgan fingerprint density at radius 3 is 2.50 bits per heavy atom. The van der Waals surface area contributed by atoms with E-state index in [9.17, 15) is 17.6 Å². The lowest BCUT2D eigenvalue weighted by molar-refractivity contribution is -0.132. The summed E-state index contributed by atoms with van der Waals surface area (Å²) in [6, 6.07) is 4.87. The Morgan fingerprint density at radius 2 is 1.91 bits per heavy atom. The van der Waals surface area contributed by atoms with Crippen molar-refractivity contribution < 1.29 is 17.6 Å². The van der Waals surface area contributed by atoms with Crippen molar-refractivity contribution in [3.8, 4) is 0 Å². The number of nitrogens with zero attached hydrogens (tertiary/aromatic N) is 1. The van der Waals surface area contributed by atoms with E-state index in [-0.39, 0.29) is 12.4 Å². The van der Waals surface area contributed by atoms with Crippen molar-refractivity contribution in [1.82, 2.24) is 10.6 Å². The first-order valence-corrected chi connectivity index (χ1v) is 7.56. The van der Waals surface area contributed by atoms with E-state index in [0.29, 0.717) is 35.4 Å². The molecule has 0 bridgehead atoms. The molecule has 1 rings (SSSR count). The fourth-order valence-electron chi connectivity index (χ4n) is 1.75. The predicted octanol–water partition coefficient (Wildman–Crippen LogP) is 3.64. The van der Waals surface area contributed by atoms with Gasteiger partial charge in [-0.3, -0.25) is 4.99 Å². The van der Waals surface area contributed by atoms with Gasteiger partial charge in [-0.15, -0.1) is 0 Å². The van der Waals surface area contributed by atoms with Crippen LogP contribution in [-0.4, -0.2) is 32.3 Å². The van der Waals surface area contributed by atoms with Gasteiger partial charge in [-0.25, -0.2) is 4.39 Å². The highest BCUT2D eigenvalue weighted by molar-refractivity contribution is 9.10. The Morgan fingerprint density at radius 1 is 1.23 bits per heavy atom. The number of aliphatic imine (C=N–C) groups is 1. The molecular formula is C14H18BrF4N3. The third-order valence-electron chi connectivity index (χ3n) is 2.85. The predicted molar refractivity (Wildman–Crippen MR) is 82.5 cm³/mol. The molecule has 8 heteroatoms. The highest BCUT2D eigenvalue weighted by Crippen LogP contribution is 2.18. The molecule has 0 aliphatic rings. The lowest BCUT2D eigenvalue weighted by Gasteiger charge is -2.13. The molecule has 1 aromatic carbocycles. The zero-order valence-electron chi connectivity index (χ0n) is 12.1. The number of nitrogens with one attached hydrogen (secondary N) is 2. The number of hydrogen-bond donors (Lipinski definition) is 2. The number of aryl methyl sites for hydroxylation is 1. The highest BCUT2D eigenvalue weighted by atomic mass is 79.9. The van der Waals surface area contributed by atoms with Crippen LogP contribution in [0.3, 0.4) is 0 Å². The van der Waals surface area contributed by atoms with Crippen LogP contribution in [0.25, 0.3) is 0 Å². The van der Waals surface area contributed by atoms with Gasteiger partial charge in [0.25, 0.3) is 0 Å². The molecular weight excluding hydrogens is 366 g/mol. The summed E-state index contributed by atoms with van der Waals surface area (Å²) in [6.07, 6.45) is -3.94. The Kier molecular flexibility index (Phi) is 7.64. The number of alkyl halides is 3. The first kappa shape index (κ1) is 18.7. The summed E-state index contributed by atoms with van der Waals surface area (Å²) in [6.45, 7) is 0.256. The van der Waals surface area contributed by atoms with Gasteiger partial charge < -0.3 is 10.6 Å². The summed E-state index contributed by atoms with van der Waals surface area (Å²) >= 11 is 3.19. The van der Waals surface area contributed by atoms with Crippen molar-refractivity contribution in [1.29, 1.82) is 0 Å². The van der Waals surface area contributed by atoms with Crippen LogP contribution in [0, 0.1) is 5.82 Å². The minimum absolute atomic E-state index is 0.232. The molecule has 22 heavy (non-hydrogen) atoms. The molecule has 0 atom stereocenters. The van der Waals surface area contributed by atoms with Crippen LogP contribution >= 0.6 is 15.9 Å². The van der Waals surface area contributed by atoms with Gasteiger partial charge in [0.2, 0.25) is 0 Å². The second-order valence-electron chi connectivity index (χ2n) is 4.63. The van der Waals surface area contributed by atoms with E-state index < -0.39 is 12.6 Å². The van der Waals surface area contributed by atoms with E-state index in [1.165, 1.54) is 13.1 Å². The Hall–Kier alpha value is -1.31. The second kappa shape index (κ2) is 8.97. The molecule has 0 fully saturated rings. The molecule has 3 nitrogen and oxygen atoms in total. The summed E-state index contributed by atoms with van der Waals surface area (Å²) < 4.78 is 50.4. The fraction of sp³-hybridized carbons (Fsp3) is 0.500. The monoisotopic (exact) mass is 383 g/mol. The van der Waals surface area contributed by atoms with Crippen LogP contribution in [0.1, 0.15) is 18.4 Å². The third kappa shape index (κ3) is 7.63. The Labute approximate surface area is 135 Å². The van der Waals surface area contributed by atoms with Gasteiger partial charge in [0.05, 0.1) is 6.42 Å². The van der Waals surface area contributed by atoms with Crippen molar-refractivity contribution >= 4 is 21.9 Å². The van der Waals surface area contributed by atoms with Crippen molar-refractivity contribution in [2.24, 2.45) is 4.99 Å². The summed E-state index contributed by atoms with van der Waals surface area (Å²) in [7, 11) is 1.48. The number of benzene rings is 1. The van der Waals surface area contributed by atoms with Crippen LogP contribution in [0.5, 0.6) is 0 Å². The molecule has 0 aromatic heterocycles. The van der Waals surface area contributed by atoms with Gasteiger partial charge in [0.15, 0.2) is 5.96 Å². The normalized spacial score (nSPS) is 12.4. The quantitative estimate of drug-likeness (QED) is 0.340. The Bertz CT molecular complexity index is 503. The molecule has 0 amide bonds. The Balaban J connectivity index is 2.27. The molecule has 0 unspecified atom stereocenters. The molecule has 0 aliphatic carbocycles. The van der Waals surface area contributed by atoms with Crippen LogP contribution in [0.2, 0.25) is 0 Å². The molecule has 0 spiro atoms. The van der Waals surface area contributed by atoms with E-state index in [1.807, 2.05) is 0 Å². The van der Waals surface area contributed by atoms with Crippen molar-refractivity contribution in [3.63, 3.8) is 0 Å². The summed E-state index contributed by atoms with van der Waals surface area (Å²) in [5, 5.41) is 5.48. The molecule has 0 saturated carbocycles. The zero-order valence-corrected chi connectivity index (χ0v) is 13.7. The average Bonchev–Trinajstić information content (AvgIpc) is 2.42. The first-order valence-electron chi connectivity index (χ1n) is 6.77. The van der Waals surface area contributed by atoms with Gasteiger partial charge in [0.1, 0.15) is 5.82 Å². The maximum absolute atomic E-state index is 13.6. The maximum Gasteiger partial charge on any atom is 0.390 e. The number of halogens is 5. The van der Waals surface area contributed by atoms with E-state index in [1.54, 1.807) is 12.1 Å². The first-order chi connectivity index (χ1) is 10.3. The van der Waals surface area contributed by atoms with Gasteiger partial charge in [-0.2, -0.15) is 13.2 Å². The summed E-state index contributed by atoms with van der Waals surface area (Å²) in [4.78, 5) is 3.83. The molecule has 124 valence electrons. The van der Waals surface area contributed by atoms with E-state index in [0.717, 1.165) is 0 Å². The van der Waals surface area contributed by atoms with Crippen molar-refractivity contribution in [2.45, 2.75) is 25.4 Å². The van der Waals surface area contributed by atoms with Crippen LogP contribution in [0.15, 0.2) is 27.7 Å². The minimum atomic E-state index is -4.19. The second-order valence-corrected chi connectivity index (χ2v) is 5.55. The molecule has 0 heterocycles. The summed E-state index contributed by atoms with van der Waals surface area (Å²) in [5.41, 5.74) is 0.602. The van der Waals surface area contributed by atoms with Gasteiger partial charge in [-0.05, 0) is 30.5 Å². The van der Waals surface area contributed by atoms with Crippen molar-refractivity contribution in [2.75, 3.05) is 20.1 Å². The molecule has 2 N–H and O–H groups in total. The van der Waals surface area contributed by atoms with Gasteiger partial charge >= 0.3 is 6.18 Å². The van der Waals surface area contributed by atoms with Gasteiger partial charge in [0, 0.05) is 24.6 Å². The molecule has 1 aromatic rings. The standard InChI is InChI=1S/C14H18BrF4N3/c1-20-13(22-8-6-14(17,18)19)21-7-2-3-10-4-5-11(15)9-12(10)16/h4-5,9H,2-3,6-8H2,1H3,(H2,20,21,22). The van der Waals surface area contributed by atoms with E-state index >= 15 is 0 Å². The lowest BCUT2D eigenvalue weighted by Crippen LogP contribution is -2.39. The number of rotatable bonds is 6. The van der Waals surface area contributed by atoms with Gasteiger partial charge in [-0.1, -0.05) is 22.0 Å². The van der Waals surface area contributed by atoms with E-state index in [2.05, 4.69) is 31.6 Å². The lowest BCUT2D eigenvalue weighted by atomic mass is 10.1. The largest absolute Gasteiger partial charge is 0.390 e. The number of hydrogen-bond acceptors (Lipinski definition) is 1. The fourth-order valence-corrected chi connectivity index (χ4v) is 2.09. The SMILES string of the molecule is CN=C(NCCCc1ccc(Br)cc1F)NCCC(F)(F)F. The zero-order chi connectivity index (χ0) is 16.6. The van der Waals surface area contributed by atoms with Crippen LogP contribution in [0.4, 0.5) is 17.6 Å². The highest BCUT2D eigenvalue weighted by Gasteiger charge is 2.26. The topological polar surface area (TPSA) is 36.4 Å². The molecule has 0 saturated heterocycles. The van der Waals surface area contributed by atoms with E-state index in [4.69, 9.17) is 0 Å². The summed E-state index contributed by atoms with van der Waals surface area (Å²) in [5.74, 6) is 0.0302. The number of guanidine groups is 1. The molecule has 0 radical (unpaired) electrons. The maximum atomic E-state index is 13.6. The molecule has 0 aliphatic heterocycles.